The van der Waals surface area contributed by atoms with Crippen LogP contribution in [0.15, 0.2) is 53.2 Å². The molecule has 0 fully saturated rings. The third kappa shape index (κ3) is 2.74. The molecule has 1 aromatic carbocycles. The predicted octanol–water partition coefficient (Wildman–Crippen LogP) is 5.23. The van der Waals surface area contributed by atoms with Crippen molar-refractivity contribution in [3.8, 4) is 11.3 Å². The van der Waals surface area contributed by atoms with Crippen molar-refractivity contribution in [3.63, 3.8) is 0 Å². The Labute approximate surface area is 119 Å². The van der Waals surface area contributed by atoms with Crippen molar-refractivity contribution in [2.75, 3.05) is 0 Å². The molecule has 0 aliphatic carbocycles. The summed E-state index contributed by atoms with van der Waals surface area (Å²) < 4.78 is 5.85. The highest BCUT2D eigenvalue weighted by Crippen LogP contribution is 2.27. The summed E-state index contributed by atoms with van der Waals surface area (Å²) in [5.74, 6) is 0.910. The molecule has 0 radical (unpaired) electrons. The van der Waals surface area contributed by atoms with Crippen molar-refractivity contribution in [2.45, 2.75) is 32.6 Å². The summed E-state index contributed by atoms with van der Waals surface area (Å²) in [6.45, 7) is 2.24. The van der Waals surface area contributed by atoms with Crippen molar-refractivity contribution < 1.29 is 4.42 Å². The molecule has 2 heterocycles. The van der Waals surface area contributed by atoms with Crippen LogP contribution >= 0.6 is 0 Å². The lowest BCUT2D eigenvalue weighted by Crippen LogP contribution is -1.85. The van der Waals surface area contributed by atoms with Crippen LogP contribution < -0.4 is 0 Å². The molecule has 0 bridgehead atoms. The van der Waals surface area contributed by atoms with Gasteiger partial charge in [0.15, 0.2) is 0 Å². The largest absolute Gasteiger partial charge is 0.456 e. The third-order valence-electron chi connectivity index (χ3n) is 3.62. The minimum Gasteiger partial charge on any atom is -0.456 e. The smallest absolute Gasteiger partial charge is 0.137 e. The number of aromatic nitrogens is 1. The van der Waals surface area contributed by atoms with Gasteiger partial charge in [0.05, 0.1) is 0 Å². The average molecular weight is 265 g/mol. The fourth-order valence-electron chi connectivity index (χ4n) is 2.44. The molecule has 0 atom stereocenters. The summed E-state index contributed by atoms with van der Waals surface area (Å²) in [6, 6.07) is 12.7. The molecular formula is C18H19NO. The zero-order valence-electron chi connectivity index (χ0n) is 11.8. The lowest BCUT2D eigenvalue weighted by molar-refractivity contribution is 0.631. The number of aryl methyl sites for hydroxylation is 1. The van der Waals surface area contributed by atoms with Crippen LogP contribution in [0.25, 0.3) is 22.3 Å². The van der Waals surface area contributed by atoms with E-state index < -0.39 is 0 Å². The number of nitrogens with zero attached hydrogens (tertiary/aromatic N) is 1. The Bertz CT molecular complexity index is 649. The summed E-state index contributed by atoms with van der Waals surface area (Å²) in [4.78, 5) is 4.12. The van der Waals surface area contributed by atoms with E-state index in [0.29, 0.717) is 0 Å². The Kier molecular flexibility index (Phi) is 3.82. The highest BCUT2D eigenvalue weighted by Gasteiger charge is 2.05. The molecule has 3 aromatic rings. The van der Waals surface area contributed by atoms with Crippen molar-refractivity contribution in [3.05, 3.63) is 54.4 Å². The van der Waals surface area contributed by atoms with Crippen LogP contribution in [0.4, 0.5) is 0 Å². The van der Waals surface area contributed by atoms with Crippen molar-refractivity contribution in [1.29, 1.82) is 0 Å². The zero-order chi connectivity index (χ0) is 13.8. The molecule has 0 unspecified atom stereocenters. The van der Waals surface area contributed by atoms with E-state index in [1.165, 1.54) is 24.8 Å². The van der Waals surface area contributed by atoms with Gasteiger partial charge in [-0.3, -0.25) is 4.98 Å². The number of benzene rings is 1. The number of unbranched alkanes of at least 4 members (excludes halogenated alkanes) is 2. The second-order valence-electron chi connectivity index (χ2n) is 5.18. The molecular weight excluding hydrogens is 246 g/mol. The summed E-state index contributed by atoms with van der Waals surface area (Å²) in [7, 11) is 0. The van der Waals surface area contributed by atoms with Gasteiger partial charge in [0.2, 0.25) is 0 Å². The number of pyridine rings is 1. The molecule has 0 saturated carbocycles. The zero-order valence-corrected chi connectivity index (χ0v) is 11.8. The van der Waals surface area contributed by atoms with Crippen LogP contribution in [0.1, 0.15) is 31.7 Å². The van der Waals surface area contributed by atoms with Gasteiger partial charge in [-0.1, -0.05) is 44.0 Å². The van der Waals surface area contributed by atoms with Gasteiger partial charge in [0.1, 0.15) is 11.3 Å². The summed E-state index contributed by atoms with van der Waals surface area (Å²) in [6.07, 6.45) is 8.60. The van der Waals surface area contributed by atoms with E-state index in [0.717, 1.165) is 28.7 Å². The van der Waals surface area contributed by atoms with Gasteiger partial charge in [0, 0.05) is 23.3 Å². The molecule has 0 N–H and O–H groups in total. The van der Waals surface area contributed by atoms with Gasteiger partial charge < -0.3 is 4.42 Å². The Morgan fingerprint density at radius 2 is 1.90 bits per heavy atom. The lowest BCUT2D eigenvalue weighted by atomic mass is 10.0. The van der Waals surface area contributed by atoms with Crippen LogP contribution in [0.5, 0.6) is 0 Å². The number of hydrogen-bond donors (Lipinski definition) is 0. The lowest BCUT2D eigenvalue weighted by Gasteiger charge is -2.02. The normalized spacial score (nSPS) is 11.1. The molecule has 0 spiro atoms. The van der Waals surface area contributed by atoms with Gasteiger partial charge in [-0.25, -0.2) is 0 Å². The molecule has 0 aliphatic heterocycles. The number of fused-ring (bicyclic) bond motifs is 1. The van der Waals surface area contributed by atoms with Gasteiger partial charge in [-0.15, -0.1) is 0 Å². The molecule has 0 saturated heterocycles. The second kappa shape index (κ2) is 5.91. The molecule has 2 nitrogen and oxygen atoms in total. The number of hydrogen-bond acceptors (Lipinski definition) is 2. The monoisotopic (exact) mass is 265 g/mol. The third-order valence-corrected chi connectivity index (χ3v) is 3.62. The minimum absolute atomic E-state index is 0.891. The minimum atomic E-state index is 0.891. The second-order valence-corrected chi connectivity index (χ2v) is 5.18. The first-order valence-electron chi connectivity index (χ1n) is 7.29. The van der Waals surface area contributed by atoms with Crippen LogP contribution in [0.2, 0.25) is 0 Å². The maximum absolute atomic E-state index is 5.85. The Morgan fingerprint density at radius 1 is 1.05 bits per heavy atom. The summed E-state index contributed by atoms with van der Waals surface area (Å²) >= 11 is 0. The topological polar surface area (TPSA) is 26.0 Å². The predicted molar refractivity (Wildman–Crippen MR) is 82.7 cm³/mol. The molecule has 2 heteroatoms. The fraction of sp³-hybridized carbons (Fsp3) is 0.278. The van der Waals surface area contributed by atoms with Crippen molar-refractivity contribution in [2.24, 2.45) is 0 Å². The van der Waals surface area contributed by atoms with Gasteiger partial charge >= 0.3 is 0 Å². The molecule has 20 heavy (non-hydrogen) atoms. The highest BCUT2D eigenvalue weighted by molar-refractivity contribution is 5.81. The van der Waals surface area contributed by atoms with E-state index in [2.05, 4.69) is 42.2 Å². The van der Waals surface area contributed by atoms with E-state index in [4.69, 9.17) is 4.42 Å². The first-order chi connectivity index (χ1) is 9.86. The van der Waals surface area contributed by atoms with Crippen LogP contribution in [-0.2, 0) is 6.42 Å². The Morgan fingerprint density at radius 3 is 2.65 bits per heavy atom. The molecule has 0 amide bonds. The standard InChI is InChI=1S/C18H19NO/c1-2-3-4-5-14-6-8-15(9-7-14)18-12-16-13-19-11-10-17(16)20-18/h6-13H,2-5H2,1H3. The highest BCUT2D eigenvalue weighted by atomic mass is 16.3. The SMILES string of the molecule is CCCCCc1ccc(-c2cc3cnccc3o2)cc1. The first-order valence-corrected chi connectivity index (χ1v) is 7.29. The molecule has 102 valence electrons. The van der Waals surface area contributed by atoms with Gasteiger partial charge in [-0.05, 0) is 30.5 Å². The van der Waals surface area contributed by atoms with E-state index in [-0.39, 0.29) is 0 Å². The fourth-order valence-corrected chi connectivity index (χ4v) is 2.44. The van der Waals surface area contributed by atoms with E-state index >= 15 is 0 Å². The van der Waals surface area contributed by atoms with Gasteiger partial charge in [-0.2, -0.15) is 0 Å². The van der Waals surface area contributed by atoms with Crippen LogP contribution in [-0.4, -0.2) is 4.98 Å². The summed E-state index contributed by atoms with van der Waals surface area (Å²) in [5, 5.41) is 1.05. The molecule has 3 rings (SSSR count). The average Bonchev–Trinajstić information content (AvgIpc) is 2.92. The number of rotatable bonds is 5. The summed E-state index contributed by atoms with van der Waals surface area (Å²) in [5.41, 5.74) is 3.42. The van der Waals surface area contributed by atoms with Gasteiger partial charge in [0.25, 0.3) is 0 Å². The number of furan rings is 1. The maximum Gasteiger partial charge on any atom is 0.137 e. The Hall–Kier alpha value is -2.09. The first kappa shape index (κ1) is 12.9. The Balaban J connectivity index is 1.79. The van der Waals surface area contributed by atoms with Crippen LogP contribution in [0.3, 0.4) is 0 Å². The van der Waals surface area contributed by atoms with E-state index in [9.17, 15) is 0 Å². The quantitative estimate of drug-likeness (QED) is 0.590. The molecule has 0 aliphatic rings. The maximum atomic E-state index is 5.85. The van der Waals surface area contributed by atoms with Crippen LogP contribution in [0, 0.1) is 0 Å². The molecule has 2 aromatic heterocycles. The van der Waals surface area contributed by atoms with E-state index in [1.807, 2.05) is 12.3 Å². The van der Waals surface area contributed by atoms with Crippen molar-refractivity contribution >= 4 is 11.0 Å². The van der Waals surface area contributed by atoms with Crippen molar-refractivity contribution in [1.82, 2.24) is 4.98 Å². The van der Waals surface area contributed by atoms with E-state index in [1.54, 1.807) is 6.20 Å².